The van der Waals surface area contributed by atoms with Gasteiger partial charge in [0.05, 0.1) is 0 Å². The molecule has 0 aliphatic rings. The maximum Gasteiger partial charge on any atom is 0.271 e. The molecule has 22 heavy (non-hydrogen) atoms. The van der Waals surface area contributed by atoms with Gasteiger partial charge in [0.1, 0.15) is 6.73 Å². The molecule has 2 radical (unpaired) electrons. The molecule has 2 nitrogen and oxygen atoms in total. The Morgan fingerprint density at radius 3 is 1.59 bits per heavy atom. The van der Waals surface area contributed by atoms with Crippen LogP contribution in [0.2, 0.25) is 0 Å². The van der Waals surface area contributed by atoms with E-state index in [-0.39, 0.29) is 0 Å². The van der Waals surface area contributed by atoms with Crippen LogP contribution >= 0.6 is 0 Å². The van der Waals surface area contributed by atoms with Gasteiger partial charge in [-0.25, -0.2) is 0 Å². The summed E-state index contributed by atoms with van der Waals surface area (Å²) in [6, 6.07) is 30.9. The Bertz CT molecular complexity index is 634. The fourth-order valence-electron chi connectivity index (χ4n) is 2.20. The minimum atomic E-state index is 0.345. The lowest BCUT2D eigenvalue weighted by Crippen LogP contribution is -2.26. The molecule has 3 aromatic carbocycles. The second-order valence-electron chi connectivity index (χ2n) is 4.84. The molecule has 3 heteroatoms. The van der Waals surface area contributed by atoms with E-state index in [0.29, 0.717) is 16.5 Å². The lowest BCUT2D eigenvalue weighted by Gasteiger charge is -2.24. The highest BCUT2D eigenvalue weighted by Gasteiger charge is 2.09. The van der Waals surface area contributed by atoms with E-state index in [1.165, 1.54) is 5.19 Å². The van der Waals surface area contributed by atoms with Crippen LogP contribution in [-0.2, 0) is 4.43 Å². The van der Waals surface area contributed by atoms with Gasteiger partial charge in [0.2, 0.25) is 0 Å². The van der Waals surface area contributed by atoms with Crippen LogP contribution in [0.4, 0.5) is 11.4 Å². The van der Waals surface area contributed by atoms with Crippen molar-refractivity contribution < 1.29 is 4.43 Å². The van der Waals surface area contributed by atoms with Crippen LogP contribution < -0.4 is 10.1 Å². The van der Waals surface area contributed by atoms with Gasteiger partial charge in [0.15, 0.2) is 0 Å². The maximum absolute atomic E-state index is 5.94. The Morgan fingerprint density at radius 1 is 0.636 bits per heavy atom. The van der Waals surface area contributed by atoms with Crippen molar-refractivity contribution in [2.45, 2.75) is 0 Å². The van der Waals surface area contributed by atoms with Gasteiger partial charge in [0, 0.05) is 11.4 Å². The Labute approximate surface area is 133 Å². The predicted molar refractivity (Wildman–Crippen MR) is 92.8 cm³/mol. The van der Waals surface area contributed by atoms with Crippen molar-refractivity contribution in [2.75, 3.05) is 11.6 Å². The Hall–Kier alpha value is -2.36. The molecule has 0 bridgehead atoms. The van der Waals surface area contributed by atoms with Crippen molar-refractivity contribution in [3.63, 3.8) is 0 Å². The minimum absolute atomic E-state index is 0.345. The predicted octanol–water partition coefficient (Wildman–Crippen LogP) is 3.74. The minimum Gasteiger partial charge on any atom is -0.394 e. The number of benzene rings is 3. The van der Waals surface area contributed by atoms with E-state index >= 15 is 0 Å². The van der Waals surface area contributed by atoms with Crippen molar-refractivity contribution in [3.05, 3.63) is 91.0 Å². The summed E-state index contributed by atoms with van der Waals surface area (Å²) >= 11 is 0. The van der Waals surface area contributed by atoms with Crippen LogP contribution in [0.1, 0.15) is 0 Å². The van der Waals surface area contributed by atoms with Crippen molar-refractivity contribution in [3.8, 4) is 0 Å². The first-order chi connectivity index (χ1) is 10.9. The first-order valence-electron chi connectivity index (χ1n) is 7.24. The molecule has 0 saturated heterocycles. The molecule has 0 spiro atoms. The van der Waals surface area contributed by atoms with Gasteiger partial charge >= 0.3 is 0 Å². The summed E-state index contributed by atoms with van der Waals surface area (Å²) in [4.78, 5) is 2.18. The summed E-state index contributed by atoms with van der Waals surface area (Å²) in [6.45, 7) is 0.529. The van der Waals surface area contributed by atoms with E-state index in [9.17, 15) is 0 Å². The highest BCUT2D eigenvalue weighted by atomic mass is 28.2. The Kier molecular flexibility index (Phi) is 5.03. The molecule has 3 aromatic rings. The van der Waals surface area contributed by atoms with Gasteiger partial charge in [-0.1, -0.05) is 66.7 Å². The molecule has 0 aromatic heterocycles. The maximum atomic E-state index is 5.94. The normalized spacial score (nSPS) is 10.4. The summed E-state index contributed by atoms with van der Waals surface area (Å²) in [7, 11) is 0.345. The summed E-state index contributed by atoms with van der Waals surface area (Å²) < 4.78 is 5.94. The molecule has 3 rings (SSSR count). The number of rotatable bonds is 6. The van der Waals surface area contributed by atoms with Crippen molar-refractivity contribution in [1.29, 1.82) is 0 Å². The van der Waals surface area contributed by atoms with Crippen molar-refractivity contribution in [1.82, 2.24) is 0 Å². The largest absolute Gasteiger partial charge is 0.394 e. The molecular weight excluding hydrogens is 286 g/mol. The van der Waals surface area contributed by atoms with Crippen molar-refractivity contribution >= 4 is 26.3 Å². The number of hydrogen-bond donors (Lipinski definition) is 0. The smallest absolute Gasteiger partial charge is 0.271 e. The molecule has 0 unspecified atom stereocenters. The van der Waals surface area contributed by atoms with Gasteiger partial charge in [-0.15, -0.1) is 0 Å². The van der Waals surface area contributed by atoms with Crippen LogP contribution in [0, 0.1) is 0 Å². The molecule has 0 amide bonds. The van der Waals surface area contributed by atoms with Gasteiger partial charge < -0.3 is 9.33 Å². The van der Waals surface area contributed by atoms with Crippen LogP contribution in [-0.4, -0.2) is 16.5 Å². The van der Waals surface area contributed by atoms with E-state index in [2.05, 4.69) is 41.3 Å². The SMILES string of the molecule is c1ccc([Si]OCN(c2ccccc2)c2ccccc2)cc1. The average Bonchev–Trinajstić information content (AvgIpc) is 2.61. The Morgan fingerprint density at radius 2 is 1.09 bits per heavy atom. The molecule has 0 heterocycles. The second-order valence-corrected chi connectivity index (χ2v) is 5.91. The molecule has 0 atom stereocenters. The van der Waals surface area contributed by atoms with Gasteiger partial charge in [-0.3, -0.25) is 0 Å². The highest BCUT2D eigenvalue weighted by Crippen LogP contribution is 2.24. The van der Waals surface area contributed by atoms with E-state index in [4.69, 9.17) is 4.43 Å². The number of anilines is 2. The van der Waals surface area contributed by atoms with Crippen LogP contribution in [0.3, 0.4) is 0 Å². The molecular formula is C19H17NOSi. The molecule has 0 aliphatic carbocycles. The molecule has 108 valence electrons. The van der Waals surface area contributed by atoms with Gasteiger partial charge in [0.25, 0.3) is 9.76 Å². The fraction of sp³-hybridized carbons (Fsp3) is 0.0526. The third-order valence-corrected chi connectivity index (χ3v) is 4.14. The second kappa shape index (κ2) is 7.59. The molecule has 0 saturated carbocycles. The zero-order valence-electron chi connectivity index (χ0n) is 12.2. The highest BCUT2D eigenvalue weighted by molar-refractivity contribution is 6.46. The molecule has 0 aliphatic heterocycles. The number of para-hydroxylation sites is 2. The monoisotopic (exact) mass is 303 g/mol. The lowest BCUT2D eigenvalue weighted by atomic mass is 10.2. The first-order valence-corrected chi connectivity index (χ1v) is 8.15. The standard InChI is InChI=1S/C19H17NOSi/c1-4-10-17(11-5-1)20(18-12-6-2-7-13-18)16-21-22-19-14-8-3-9-15-19/h1-15H,16H2. The van der Waals surface area contributed by atoms with Gasteiger partial charge in [-0.05, 0) is 29.5 Å². The van der Waals surface area contributed by atoms with Crippen LogP contribution in [0.25, 0.3) is 0 Å². The molecule has 0 fully saturated rings. The van der Waals surface area contributed by atoms with Crippen LogP contribution in [0.5, 0.6) is 0 Å². The number of nitrogens with zero attached hydrogens (tertiary/aromatic N) is 1. The van der Waals surface area contributed by atoms with E-state index in [0.717, 1.165) is 11.4 Å². The van der Waals surface area contributed by atoms with E-state index in [1.807, 2.05) is 54.6 Å². The fourth-order valence-corrected chi connectivity index (χ4v) is 2.89. The van der Waals surface area contributed by atoms with Crippen molar-refractivity contribution in [2.24, 2.45) is 0 Å². The van der Waals surface area contributed by atoms with Gasteiger partial charge in [-0.2, -0.15) is 0 Å². The zero-order valence-corrected chi connectivity index (χ0v) is 13.2. The third kappa shape index (κ3) is 3.84. The zero-order chi connectivity index (χ0) is 15.0. The summed E-state index contributed by atoms with van der Waals surface area (Å²) in [5, 5.41) is 1.21. The van der Waals surface area contributed by atoms with E-state index in [1.54, 1.807) is 0 Å². The summed E-state index contributed by atoms with van der Waals surface area (Å²) in [6.07, 6.45) is 0. The van der Waals surface area contributed by atoms with Crippen LogP contribution in [0.15, 0.2) is 91.0 Å². The summed E-state index contributed by atoms with van der Waals surface area (Å²) in [5.74, 6) is 0. The topological polar surface area (TPSA) is 12.5 Å². The molecule has 0 N–H and O–H groups in total. The lowest BCUT2D eigenvalue weighted by molar-refractivity contribution is 0.352. The number of hydrogen-bond acceptors (Lipinski definition) is 2. The van der Waals surface area contributed by atoms with E-state index < -0.39 is 0 Å². The third-order valence-electron chi connectivity index (χ3n) is 3.29. The first kappa shape index (κ1) is 14.6. The summed E-state index contributed by atoms with van der Waals surface area (Å²) in [5.41, 5.74) is 2.26. The average molecular weight is 303 g/mol. The Balaban J connectivity index is 1.72. The quantitative estimate of drug-likeness (QED) is 0.508.